The summed E-state index contributed by atoms with van der Waals surface area (Å²) in [5.41, 5.74) is 2.30. The van der Waals surface area contributed by atoms with E-state index in [2.05, 4.69) is 10.5 Å². The van der Waals surface area contributed by atoms with Gasteiger partial charge >= 0.3 is 5.97 Å². The van der Waals surface area contributed by atoms with Crippen LogP contribution in [0.3, 0.4) is 0 Å². The van der Waals surface area contributed by atoms with Gasteiger partial charge in [-0.15, -0.1) is 0 Å². The molecule has 0 bridgehead atoms. The van der Waals surface area contributed by atoms with E-state index in [1.165, 1.54) is 14.2 Å². The fourth-order valence-corrected chi connectivity index (χ4v) is 2.62. The molecule has 3 aromatic rings. The molecule has 1 amide bonds. The van der Waals surface area contributed by atoms with Crippen molar-refractivity contribution in [3.63, 3.8) is 0 Å². The van der Waals surface area contributed by atoms with Gasteiger partial charge in [-0.2, -0.15) is 0 Å². The number of esters is 1. The highest BCUT2D eigenvalue weighted by Gasteiger charge is 2.15. The van der Waals surface area contributed by atoms with Crippen molar-refractivity contribution in [3.05, 3.63) is 59.3 Å². The zero-order valence-corrected chi connectivity index (χ0v) is 14.4. The van der Waals surface area contributed by atoms with Crippen LogP contribution >= 0.6 is 0 Å². The van der Waals surface area contributed by atoms with E-state index in [0.29, 0.717) is 22.6 Å². The van der Waals surface area contributed by atoms with Crippen LogP contribution in [0.1, 0.15) is 21.6 Å². The second-order valence-electron chi connectivity index (χ2n) is 5.61. The van der Waals surface area contributed by atoms with Gasteiger partial charge in [-0.3, -0.25) is 4.79 Å². The first-order valence-corrected chi connectivity index (χ1v) is 7.97. The number of nitrogens with one attached hydrogen (secondary N) is 1. The molecule has 0 aliphatic heterocycles. The predicted molar refractivity (Wildman–Crippen MR) is 93.9 cm³/mol. The van der Waals surface area contributed by atoms with Gasteiger partial charge in [0.1, 0.15) is 17.0 Å². The number of hydrogen-bond acceptors (Lipinski definition) is 6. The summed E-state index contributed by atoms with van der Waals surface area (Å²) in [5.74, 6) is -0.274. The van der Waals surface area contributed by atoms with E-state index in [1.807, 2.05) is 18.2 Å². The first-order valence-electron chi connectivity index (χ1n) is 7.97. The largest absolute Gasteiger partial charge is 0.496 e. The summed E-state index contributed by atoms with van der Waals surface area (Å²) in [7, 11) is 2.78. The molecular formula is C19H18N2O5. The molecule has 0 atom stereocenters. The molecule has 7 heteroatoms. The minimum Gasteiger partial charge on any atom is -0.496 e. The van der Waals surface area contributed by atoms with E-state index < -0.39 is 5.97 Å². The second kappa shape index (κ2) is 7.69. The number of carbonyl (C=O) groups excluding carboxylic acids is 2. The van der Waals surface area contributed by atoms with E-state index in [0.717, 1.165) is 10.9 Å². The van der Waals surface area contributed by atoms with Crippen molar-refractivity contribution in [1.29, 1.82) is 0 Å². The number of para-hydroxylation sites is 1. The summed E-state index contributed by atoms with van der Waals surface area (Å²) < 4.78 is 15.1. The molecule has 1 heterocycles. The number of aromatic nitrogens is 1. The Labute approximate surface area is 149 Å². The van der Waals surface area contributed by atoms with Crippen LogP contribution in [0.15, 0.2) is 47.0 Å². The summed E-state index contributed by atoms with van der Waals surface area (Å²) >= 11 is 0. The topological polar surface area (TPSA) is 90.7 Å². The lowest BCUT2D eigenvalue weighted by atomic mass is 10.1. The van der Waals surface area contributed by atoms with Gasteiger partial charge in [-0.1, -0.05) is 23.4 Å². The Kier molecular flexibility index (Phi) is 5.17. The molecule has 3 rings (SSSR count). The Hall–Kier alpha value is -3.35. The summed E-state index contributed by atoms with van der Waals surface area (Å²) in [6.45, 7) is 0.266. The molecule has 7 nitrogen and oxygen atoms in total. The van der Waals surface area contributed by atoms with Gasteiger partial charge < -0.3 is 19.3 Å². The number of carbonyl (C=O) groups is 2. The number of amides is 1. The third-order valence-corrected chi connectivity index (χ3v) is 3.94. The maximum Gasteiger partial charge on any atom is 0.341 e. The van der Waals surface area contributed by atoms with Gasteiger partial charge in [0.15, 0.2) is 5.58 Å². The van der Waals surface area contributed by atoms with Gasteiger partial charge in [0.25, 0.3) is 0 Å². The van der Waals surface area contributed by atoms with E-state index in [4.69, 9.17) is 14.0 Å². The smallest absolute Gasteiger partial charge is 0.341 e. The van der Waals surface area contributed by atoms with Crippen LogP contribution in [0.4, 0.5) is 0 Å². The van der Waals surface area contributed by atoms with Crippen LogP contribution in [-0.2, 0) is 22.5 Å². The number of rotatable bonds is 6. The average Bonchev–Trinajstić information content (AvgIpc) is 3.08. The minimum atomic E-state index is -0.496. The predicted octanol–water partition coefficient (Wildman–Crippen LogP) is 2.48. The molecule has 0 spiro atoms. The van der Waals surface area contributed by atoms with Crippen LogP contribution in [0, 0.1) is 0 Å². The molecular weight excluding hydrogens is 336 g/mol. The van der Waals surface area contributed by atoms with E-state index in [-0.39, 0.29) is 18.9 Å². The average molecular weight is 354 g/mol. The highest BCUT2D eigenvalue weighted by atomic mass is 16.5. The molecule has 134 valence electrons. The van der Waals surface area contributed by atoms with Crippen molar-refractivity contribution in [1.82, 2.24) is 10.5 Å². The molecule has 0 aliphatic rings. The van der Waals surface area contributed by atoms with Crippen LogP contribution in [0.5, 0.6) is 5.75 Å². The van der Waals surface area contributed by atoms with Gasteiger partial charge in [-0.05, 0) is 29.8 Å². The van der Waals surface area contributed by atoms with Gasteiger partial charge in [0.05, 0.1) is 20.6 Å². The lowest BCUT2D eigenvalue weighted by molar-refractivity contribution is -0.120. The van der Waals surface area contributed by atoms with Gasteiger partial charge in [0, 0.05) is 11.9 Å². The Bertz CT molecular complexity index is 948. The van der Waals surface area contributed by atoms with Gasteiger partial charge in [0.2, 0.25) is 5.91 Å². The Balaban J connectivity index is 1.67. The van der Waals surface area contributed by atoms with Crippen molar-refractivity contribution < 1.29 is 23.6 Å². The number of hydrogen-bond donors (Lipinski definition) is 1. The van der Waals surface area contributed by atoms with Crippen LogP contribution in [0.2, 0.25) is 0 Å². The molecule has 0 radical (unpaired) electrons. The molecule has 0 fully saturated rings. The molecule has 0 unspecified atom stereocenters. The van der Waals surface area contributed by atoms with E-state index in [1.54, 1.807) is 24.3 Å². The quantitative estimate of drug-likeness (QED) is 0.684. The fourth-order valence-electron chi connectivity index (χ4n) is 2.62. The number of benzene rings is 2. The lowest BCUT2D eigenvalue weighted by Gasteiger charge is -2.10. The number of nitrogens with zero attached hydrogens (tertiary/aromatic N) is 1. The Morgan fingerprint density at radius 3 is 2.73 bits per heavy atom. The monoisotopic (exact) mass is 354 g/mol. The normalized spacial score (nSPS) is 10.5. The SMILES string of the molecule is COC(=O)c1cc(CNC(=O)Cc2noc3ccccc23)ccc1OC. The van der Waals surface area contributed by atoms with Crippen LogP contribution in [-0.4, -0.2) is 31.3 Å². The molecule has 1 aromatic heterocycles. The summed E-state index contributed by atoms with van der Waals surface area (Å²) in [6, 6.07) is 12.5. The molecule has 0 saturated heterocycles. The second-order valence-corrected chi connectivity index (χ2v) is 5.61. The van der Waals surface area contributed by atoms with Crippen molar-refractivity contribution in [3.8, 4) is 5.75 Å². The summed E-state index contributed by atoms with van der Waals surface area (Å²) in [6.07, 6.45) is 0.108. The van der Waals surface area contributed by atoms with Crippen molar-refractivity contribution in [2.75, 3.05) is 14.2 Å². The summed E-state index contributed by atoms with van der Waals surface area (Å²) in [4.78, 5) is 24.0. The van der Waals surface area contributed by atoms with Crippen molar-refractivity contribution in [2.45, 2.75) is 13.0 Å². The van der Waals surface area contributed by atoms with Crippen molar-refractivity contribution >= 4 is 22.8 Å². The van der Waals surface area contributed by atoms with E-state index >= 15 is 0 Å². The first-order chi connectivity index (χ1) is 12.6. The number of methoxy groups -OCH3 is 2. The van der Waals surface area contributed by atoms with Crippen LogP contribution < -0.4 is 10.1 Å². The highest BCUT2D eigenvalue weighted by molar-refractivity contribution is 5.92. The lowest BCUT2D eigenvalue weighted by Crippen LogP contribution is -2.25. The Morgan fingerprint density at radius 2 is 1.96 bits per heavy atom. The molecule has 26 heavy (non-hydrogen) atoms. The molecule has 0 saturated carbocycles. The minimum absolute atomic E-state index is 0.108. The third-order valence-electron chi connectivity index (χ3n) is 3.94. The maximum absolute atomic E-state index is 12.2. The fraction of sp³-hybridized carbons (Fsp3) is 0.211. The zero-order chi connectivity index (χ0) is 18.5. The van der Waals surface area contributed by atoms with E-state index in [9.17, 15) is 9.59 Å². The maximum atomic E-state index is 12.2. The van der Waals surface area contributed by atoms with Crippen molar-refractivity contribution in [2.24, 2.45) is 0 Å². The van der Waals surface area contributed by atoms with Crippen LogP contribution in [0.25, 0.3) is 11.0 Å². The molecule has 0 aliphatic carbocycles. The summed E-state index contributed by atoms with van der Waals surface area (Å²) in [5, 5.41) is 7.58. The Morgan fingerprint density at radius 1 is 1.15 bits per heavy atom. The molecule has 1 N–H and O–H groups in total. The first kappa shape index (κ1) is 17.5. The zero-order valence-electron chi connectivity index (χ0n) is 14.4. The standard InChI is InChI=1S/C19H18N2O5/c1-24-16-8-7-12(9-14(16)19(23)25-2)11-20-18(22)10-15-13-5-3-4-6-17(13)26-21-15/h3-9H,10-11H2,1-2H3,(H,20,22). The highest BCUT2D eigenvalue weighted by Crippen LogP contribution is 2.21. The number of fused-ring (bicyclic) bond motifs is 1. The van der Waals surface area contributed by atoms with Gasteiger partial charge in [-0.25, -0.2) is 4.79 Å². The third kappa shape index (κ3) is 3.66. The molecule has 2 aromatic carbocycles. The number of ether oxygens (including phenoxy) is 2.